The number of carbonyl (C=O) groups is 4. The van der Waals surface area contributed by atoms with Gasteiger partial charge < -0.3 is 25.7 Å². The maximum Gasteiger partial charge on any atom is 0.326 e. The zero-order valence-electron chi connectivity index (χ0n) is 11.7. The summed E-state index contributed by atoms with van der Waals surface area (Å²) in [7, 11) is 0. The van der Waals surface area contributed by atoms with Gasteiger partial charge in [0.2, 0.25) is 5.91 Å². The second-order valence-corrected chi connectivity index (χ2v) is 4.90. The standard InChI is InChI=1S/C12H19N3O6/c1-7(16)13-8-2-4-15(5-3-8)12(21)14-9(11(19)20)6-10(17)18/h8-9H,2-6H2,1H3,(H,13,16)(H,14,21)(H,17,18)(H,19,20). The second kappa shape index (κ2) is 7.46. The quantitative estimate of drug-likeness (QED) is 0.526. The third-order valence-corrected chi connectivity index (χ3v) is 3.16. The summed E-state index contributed by atoms with van der Waals surface area (Å²) >= 11 is 0. The molecule has 0 spiro atoms. The molecule has 118 valence electrons. The molecule has 21 heavy (non-hydrogen) atoms. The van der Waals surface area contributed by atoms with Crippen molar-refractivity contribution in [2.24, 2.45) is 0 Å². The molecule has 1 atom stereocenters. The fraction of sp³-hybridized carbons (Fsp3) is 0.667. The zero-order chi connectivity index (χ0) is 16.0. The van der Waals surface area contributed by atoms with Gasteiger partial charge in [0, 0.05) is 26.1 Å². The second-order valence-electron chi connectivity index (χ2n) is 4.90. The SMILES string of the molecule is CC(=O)NC1CCN(C(=O)NC(CC(=O)O)C(=O)O)CC1. The molecule has 1 aliphatic rings. The van der Waals surface area contributed by atoms with Crippen LogP contribution in [0, 0.1) is 0 Å². The van der Waals surface area contributed by atoms with Gasteiger partial charge in [0.05, 0.1) is 6.42 Å². The molecule has 1 heterocycles. The molecule has 9 heteroatoms. The molecular weight excluding hydrogens is 282 g/mol. The number of carboxylic acids is 2. The molecule has 0 saturated carbocycles. The molecule has 3 amide bonds. The van der Waals surface area contributed by atoms with Gasteiger partial charge in [0.1, 0.15) is 6.04 Å². The monoisotopic (exact) mass is 301 g/mol. The average Bonchev–Trinajstić information content (AvgIpc) is 2.37. The van der Waals surface area contributed by atoms with Crippen molar-refractivity contribution >= 4 is 23.9 Å². The summed E-state index contributed by atoms with van der Waals surface area (Å²) in [6, 6.07) is -2.06. The predicted molar refractivity (Wildman–Crippen MR) is 70.6 cm³/mol. The number of nitrogens with zero attached hydrogens (tertiary/aromatic N) is 1. The van der Waals surface area contributed by atoms with Gasteiger partial charge >= 0.3 is 18.0 Å². The van der Waals surface area contributed by atoms with Gasteiger partial charge in [-0.1, -0.05) is 0 Å². The van der Waals surface area contributed by atoms with E-state index >= 15 is 0 Å². The molecule has 1 unspecified atom stereocenters. The lowest BCUT2D eigenvalue weighted by molar-refractivity contribution is -0.145. The number of amides is 3. The van der Waals surface area contributed by atoms with Crippen molar-refractivity contribution in [2.45, 2.75) is 38.3 Å². The van der Waals surface area contributed by atoms with Crippen LogP contribution in [0.4, 0.5) is 4.79 Å². The first-order valence-corrected chi connectivity index (χ1v) is 6.56. The number of nitrogens with one attached hydrogen (secondary N) is 2. The van der Waals surface area contributed by atoms with E-state index in [1.807, 2.05) is 0 Å². The average molecular weight is 301 g/mol. The van der Waals surface area contributed by atoms with Crippen LogP contribution >= 0.6 is 0 Å². The Morgan fingerprint density at radius 2 is 1.76 bits per heavy atom. The van der Waals surface area contributed by atoms with Gasteiger partial charge in [-0.3, -0.25) is 9.59 Å². The third-order valence-electron chi connectivity index (χ3n) is 3.16. The van der Waals surface area contributed by atoms with Crippen molar-refractivity contribution in [3.05, 3.63) is 0 Å². The van der Waals surface area contributed by atoms with E-state index in [2.05, 4.69) is 10.6 Å². The Morgan fingerprint density at radius 3 is 2.19 bits per heavy atom. The van der Waals surface area contributed by atoms with E-state index in [1.165, 1.54) is 11.8 Å². The predicted octanol–water partition coefficient (Wildman–Crippen LogP) is -0.776. The highest BCUT2D eigenvalue weighted by Crippen LogP contribution is 2.10. The summed E-state index contributed by atoms with van der Waals surface area (Å²) < 4.78 is 0. The van der Waals surface area contributed by atoms with Crippen molar-refractivity contribution in [1.82, 2.24) is 15.5 Å². The molecule has 0 aliphatic carbocycles. The van der Waals surface area contributed by atoms with E-state index in [1.54, 1.807) is 0 Å². The first-order valence-electron chi connectivity index (χ1n) is 6.56. The van der Waals surface area contributed by atoms with E-state index in [-0.39, 0.29) is 11.9 Å². The van der Waals surface area contributed by atoms with E-state index in [9.17, 15) is 19.2 Å². The summed E-state index contributed by atoms with van der Waals surface area (Å²) in [6.07, 6.45) is 0.469. The number of carboxylic acid groups (broad SMARTS) is 2. The Balaban J connectivity index is 2.47. The van der Waals surface area contributed by atoms with E-state index in [0.717, 1.165) is 0 Å². The number of likely N-dealkylation sites (tertiary alicyclic amines) is 1. The number of piperidine rings is 1. The Morgan fingerprint density at radius 1 is 1.19 bits per heavy atom. The van der Waals surface area contributed by atoms with Crippen molar-refractivity contribution in [1.29, 1.82) is 0 Å². The van der Waals surface area contributed by atoms with Gasteiger partial charge in [-0.15, -0.1) is 0 Å². The molecule has 1 fully saturated rings. The summed E-state index contributed by atoms with van der Waals surface area (Å²) in [5, 5.41) is 22.4. The summed E-state index contributed by atoms with van der Waals surface area (Å²) in [5.41, 5.74) is 0. The molecule has 0 bridgehead atoms. The summed E-state index contributed by atoms with van der Waals surface area (Å²) in [5.74, 6) is -2.82. The highest BCUT2D eigenvalue weighted by atomic mass is 16.4. The normalized spacial score (nSPS) is 16.9. The molecule has 0 aromatic heterocycles. The third kappa shape index (κ3) is 5.67. The van der Waals surface area contributed by atoms with Gasteiger partial charge in [-0.25, -0.2) is 9.59 Å². The lowest BCUT2D eigenvalue weighted by atomic mass is 10.1. The number of carbonyl (C=O) groups excluding carboxylic acids is 2. The van der Waals surface area contributed by atoms with Gasteiger partial charge in [-0.2, -0.15) is 0 Å². The van der Waals surface area contributed by atoms with Crippen LogP contribution in [0.5, 0.6) is 0 Å². The highest BCUT2D eigenvalue weighted by Gasteiger charge is 2.28. The molecule has 1 saturated heterocycles. The first-order chi connectivity index (χ1) is 9.79. The minimum atomic E-state index is -1.46. The molecule has 1 aliphatic heterocycles. The Bertz CT molecular complexity index is 431. The highest BCUT2D eigenvalue weighted by molar-refractivity contribution is 5.86. The minimum Gasteiger partial charge on any atom is -0.481 e. The molecule has 0 aromatic carbocycles. The number of hydrogen-bond acceptors (Lipinski definition) is 4. The maximum absolute atomic E-state index is 11.9. The van der Waals surface area contributed by atoms with Crippen LogP contribution in [-0.2, 0) is 14.4 Å². The molecular formula is C12H19N3O6. The van der Waals surface area contributed by atoms with Crippen molar-refractivity contribution in [2.75, 3.05) is 13.1 Å². The van der Waals surface area contributed by atoms with Crippen molar-refractivity contribution in [3.63, 3.8) is 0 Å². The molecule has 9 nitrogen and oxygen atoms in total. The Hall–Kier alpha value is -2.32. The van der Waals surface area contributed by atoms with E-state index < -0.39 is 30.4 Å². The summed E-state index contributed by atoms with van der Waals surface area (Å²) in [6.45, 7) is 2.16. The molecule has 0 radical (unpaired) electrons. The first kappa shape index (κ1) is 16.7. The van der Waals surface area contributed by atoms with Crippen LogP contribution in [0.15, 0.2) is 0 Å². The van der Waals surface area contributed by atoms with Crippen molar-refractivity contribution < 1.29 is 29.4 Å². The lowest BCUT2D eigenvalue weighted by Crippen LogP contribution is -2.53. The van der Waals surface area contributed by atoms with Crippen LogP contribution in [0.25, 0.3) is 0 Å². The topological polar surface area (TPSA) is 136 Å². The molecule has 4 N–H and O–H groups in total. The zero-order valence-corrected chi connectivity index (χ0v) is 11.7. The Labute approximate surface area is 121 Å². The fourth-order valence-corrected chi connectivity index (χ4v) is 2.13. The van der Waals surface area contributed by atoms with Crippen LogP contribution in [0.2, 0.25) is 0 Å². The number of hydrogen-bond donors (Lipinski definition) is 4. The number of rotatable bonds is 5. The van der Waals surface area contributed by atoms with E-state index in [0.29, 0.717) is 25.9 Å². The van der Waals surface area contributed by atoms with E-state index in [4.69, 9.17) is 10.2 Å². The van der Waals surface area contributed by atoms with Gasteiger partial charge in [0.15, 0.2) is 0 Å². The number of urea groups is 1. The van der Waals surface area contributed by atoms with Crippen LogP contribution in [0.3, 0.4) is 0 Å². The minimum absolute atomic E-state index is 0.000778. The van der Waals surface area contributed by atoms with Crippen molar-refractivity contribution in [3.8, 4) is 0 Å². The summed E-state index contributed by atoms with van der Waals surface area (Å²) in [4.78, 5) is 45.7. The molecule has 0 aromatic rings. The Kier molecular flexibility index (Phi) is 5.94. The fourth-order valence-electron chi connectivity index (χ4n) is 2.13. The largest absolute Gasteiger partial charge is 0.481 e. The van der Waals surface area contributed by atoms with Crippen LogP contribution < -0.4 is 10.6 Å². The number of aliphatic carboxylic acids is 2. The maximum atomic E-state index is 11.9. The van der Waals surface area contributed by atoms with Crippen LogP contribution in [-0.4, -0.2) is 64.2 Å². The van der Waals surface area contributed by atoms with Crippen LogP contribution in [0.1, 0.15) is 26.2 Å². The van der Waals surface area contributed by atoms with Gasteiger partial charge in [-0.05, 0) is 12.8 Å². The molecule has 1 rings (SSSR count). The lowest BCUT2D eigenvalue weighted by Gasteiger charge is -2.32. The van der Waals surface area contributed by atoms with Gasteiger partial charge in [0.25, 0.3) is 0 Å². The smallest absolute Gasteiger partial charge is 0.326 e.